The van der Waals surface area contributed by atoms with Crippen LogP contribution < -0.4 is 5.32 Å². The number of carbonyl (C=O) groups is 2. The largest absolute Gasteiger partial charge is 0.455 e. The second-order valence-corrected chi connectivity index (χ2v) is 6.29. The van der Waals surface area contributed by atoms with Crippen LogP contribution in [-0.2, 0) is 34.6 Å². The maximum absolute atomic E-state index is 11.8. The number of ether oxygens (including phenoxy) is 2. The summed E-state index contributed by atoms with van der Waals surface area (Å²) in [5, 5.41) is 2.36. The predicted molar refractivity (Wildman–Crippen MR) is 75.9 cm³/mol. The third kappa shape index (κ3) is 3.54. The van der Waals surface area contributed by atoms with Gasteiger partial charge in [-0.05, 0) is 26.7 Å². The molecule has 0 radical (unpaired) electrons. The third-order valence-corrected chi connectivity index (χ3v) is 4.22. The first-order valence-corrected chi connectivity index (χ1v) is 7.85. The maximum atomic E-state index is 11.8. The molecule has 2 saturated heterocycles. The summed E-state index contributed by atoms with van der Waals surface area (Å²) in [6.45, 7) is 6.41. The lowest BCUT2D eigenvalue weighted by Crippen LogP contribution is -2.48. The molecule has 2 N–H and O–H groups in total. The molecule has 9 heteroatoms. The van der Waals surface area contributed by atoms with Crippen LogP contribution in [0, 0.1) is 0 Å². The van der Waals surface area contributed by atoms with Crippen LogP contribution in [0.1, 0.15) is 26.7 Å². The molecule has 0 spiro atoms. The topological polar surface area (TPSA) is 111 Å². The molecule has 0 aromatic carbocycles. The normalized spacial score (nSPS) is 34.2. The van der Waals surface area contributed by atoms with Crippen molar-refractivity contribution in [2.45, 2.75) is 50.6 Å². The van der Waals surface area contributed by atoms with Crippen LogP contribution in [-0.4, -0.2) is 51.1 Å². The minimum atomic E-state index is -2.49. The number of rotatable bonds is 6. The van der Waals surface area contributed by atoms with Crippen molar-refractivity contribution in [1.82, 2.24) is 5.32 Å². The summed E-state index contributed by atoms with van der Waals surface area (Å²) < 4.78 is 35.8. The molecule has 0 aromatic rings. The first kappa shape index (κ1) is 17.1. The maximum Gasteiger partial charge on any atom is 0.325 e. The van der Waals surface area contributed by atoms with Gasteiger partial charge in [-0.15, -0.1) is 0 Å². The summed E-state index contributed by atoms with van der Waals surface area (Å²) in [6, 6.07) is 0. The van der Waals surface area contributed by atoms with Gasteiger partial charge in [0.1, 0.15) is 12.6 Å². The highest BCUT2D eigenvalue weighted by Crippen LogP contribution is 2.46. The summed E-state index contributed by atoms with van der Waals surface area (Å²) in [6.07, 6.45) is -0.647. The molecule has 2 heterocycles. The van der Waals surface area contributed by atoms with E-state index in [0.29, 0.717) is 12.8 Å². The molecule has 0 aliphatic carbocycles. The van der Waals surface area contributed by atoms with Crippen LogP contribution in [0.25, 0.3) is 0 Å². The fourth-order valence-electron chi connectivity index (χ4n) is 2.76. The fraction of sp³-hybridized carbons (Fsp3) is 0.692. The van der Waals surface area contributed by atoms with Crippen LogP contribution >= 0.6 is 0 Å². The number of esters is 1. The Labute approximate surface area is 130 Å². The van der Waals surface area contributed by atoms with Gasteiger partial charge in [-0.2, -0.15) is 4.21 Å². The van der Waals surface area contributed by atoms with Crippen molar-refractivity contribution in [3.63, 3.8) is 0 Å². The van der Waals surface area contributed by atoms with E-state index in [9.17, 15) is 13.8 Å². The van der Waals surface area contributed by atoms with Crippen LogP contribution in [0.5, 0.6) is 0 Å². The molecule has 2 aliphatic rings. The molecule has 1 amide bonds. The van der Waals surface area contributed by atoms with Crippen molar-refractivity contribution < 1.29 is 32.0 Å². The SMILES string of the molecule is C=C(C)C(=O)NCC(=O)OC1C2CCC(C)(O2)C1OS(=O)O. The first-order chi connectivity index (χ1) is 10.2. The van der Waals surface area contributed by atoms with E-state index in [1.807, 2.05) is 0 Å². The predicted octanol–water partition coefficient (Wildman–Crippen LogP) is 0.0637. The first-order valence-electron chi connectivity index (χ1n) is 6.82. The zero-order valence-corrected chi connectivity index (χ0v) is 13.2. The lowest BCUT2D eigenvalue weighted by atomic mass is 9.85. The quantitative estimate of drug-likeness (QED) is 0.402. The van der Waals surface area contributed by atoms with Crippen LogP contribution in [0.2, 0.25) is 0 Å². The Morgan fingerprint density at radius 1 is 1.55 bits per heavy atom. The zero-order chi connectivity index (χ0) is 16.5. The number of amides is 1. The van der Waals surface area contributed by atoms with Crippen molar-refractivity contribution in [1.29, 1.82) is 0 Å². The highest BCUT2D eigenvalue weighted by Gasteiger charge is 2.60. The molecular weight excluding hydrogens is 314 g/mol. The standard InChI is InChI=1S/C13H19NO7S/c1-7(2)12(16)14-6-9(15)19-10-8-4-5-13(3,20-8)11(10)21-22(17)18/h8,10-11H,1,4-6H2,2-3H3,(H,14,16)(H,17,18). The number of hydrogen-bond donors (Lipinski definition) is 2. The van der Waals surface area contributed by atoms with Crippen molar-refractivity contribution in [2.75, 3.05) is 6.54 Å². The minimum absolute atomic E-state index is 0.278. The summed E-state index contributed by atoms with van der Waals surface area (Å²) in [5.41, 5.74) is -0.477. The van der Waals surface area contributed by atoms with Gasteiger partial charge in [0.15, 0.2) is 6.10 Å². The Bertz CT molecular complexity index is 523. The molecule has 5 atom stereocenters. The van der Waals surface area contributed by atoms with E-state index >= 15 is 0 Å². The van der Waals surface area contributed by atoms with Gasteiger partial charge in [0.25, 0.3) is 0 Å². The van der Waals surface area contributed by atoms with Crippen molar-refractivity contribution in [3.05, 3.63) is 12.2 Å². The van der Waals surface area contributed by atoms with Crippen LogP contribution in [0.15, 0.2) is 12.2 Å². The van der Waals surface area contributed by atoms with E-state index in [-0.39, 0.29) is 18.2 Å². The molecule has 8 nitrogen and oxygen atoms in total. The van der Waals surface area contributed by atoms with Gasteiger partial charge in [-0.25, -0.2) is 0 Å². The fourth-order valence-corrected chi connectivity index (χ4v) is 3.25. The molecule has 0 aromatic heterocycles. The van der Waals surface area contributed by atoms with Gasteiger partial charge in [-0.3, -0.25) is 18.3 Å². The van der Waals surface area contributed by atoms with Crippen molar-refractivity contribution in [3.8, 4) is 0 Å². The van der Waals surface area contributed by atoms with E-state index in [0.717, 1.165) is 0 Å². The van der Waals surface area contributed by atoms with Gasteiger partial charge in [0.2, 0.25) is 5.91 Å². The van der Waals surface area contributed by atoms with E-state index < -0.39 is 41.0 Å². The number of fused-ring (bicyclic) bond motifs is 2. The van der Waals surface area contributed by atoms with Gasteiger partial charge in [-0.1, -0.05) is 6.58 Å². The van der Waals surface area contributed by atoms with E-state index in [1.165, 1.54) is 6.92 Å². The summed E-state index contributed by atoms with van der Waals surface area (Å²) in [7, 11) is 0. The monoisotopic (exact) mass is 333 g/mol. The third-order valence-electron chi connectivity index (χ3n) is 3.85. The molecule has 2 aliphatic heterocycles. The molecule has 2 fully saturated rings. The molecule has 22 heavy (non-hydrogen) atoms. The van der Waals surface area contributed by atoms with Crippen molar-refractivity contribution >= 4 is 23.2 Å². The van der Waals surface area contributed by atoms with E-state index in [4.69, 9.17) is 18.2 Å². The van der Waals surface area contributed by atoms with Crippen molar-refractivity contribution in [2.24, 2.45) is 0 Å². The Morgan fingerprint density at radius 3 is 2.82 bits per heavy atom. The lowest BCUT2D eigenvalue weighted by Gasteiger charge is -2.31. The zero-order valence-electron chi connectivity index (χ0n) is 12.4. The number of nitrogens with one attached hydrogen (secondary N) is 1. The average Bonchev–Trinajstić information content (AvgIpc) is 2.92. The van der Waals surface area contributed by atoms with Crippen LogP contribution in [0.3, 0.4) is 0 Å². The van der Waals surface area contributed by atoms with Crippen LogP contribution in [0.4, 0.5) is 0 Å². The molecule has 2 rings (SSSR count). The molecule has 5 unspecified atom stereocenters. The smallest absolute Gasteiger partial charge is 0.325 e. The number of carbonyl (C=O) groups excluding carboxylic acids is 2. The second kappa shape index (κ2) is 6.45. The van der Waals surface area contributed by atoms with Gasteiger partial charge in [0, 0.05) is 5.57 Å². The molecule has 124 valence electrons. The van der Waals surface area contributed by atoms with Gasteiger partial charge >= 0.3 is 17.3 Å². The Morgan fingerprint density at radius 2 is 2.23 bits per heavy atom. The van der Waals surface area contributed by atoms with E-state index in [2.05, 4.69) is 11.9 Å². The lowest BCUT2D eigenvalue weighted by molar-refractivity contribution is -0.155. The molecular formula is C13H19NO7S. The molecule has 0 saturated carbocycles. The average molecular weight is 333 g/mol. The summed E-state index contributed by atoms with van der Waals surface area (Å²) >= 11 is -2.49. The number of hydrogen-bond acceptors (Lipinski definition) is 6. The van der Waals surface area contributed by atoms with Gasteiger partial charge in [0.05, 0.1) is 11.7 Å². The Kier molecular flexibility index (Phi) is 5.00. The summed E-state index contributed by atoms with van der Waals surface area (Å²) in [5.74, 6) is -1.12. The minimum Gasteiger partial charge on any atom is -0.455 e. The Balaban J connectivity index is 1.95. The molecule has 2 bridgehead atoms. The summed E-state index contributed by atoms with van der Waals surface area (Å²) in [4.78, 5) is 23.2. The second-order valence-electron chi connectivity index (χ2n) is 5.66. The highest BCUT2D eigenvalue weighted by atomic mass is 32.2. The van der Waals surface area contributed by atoms with Gasteiger partial charge < -0.3 is 14.8 Å². The highest BCUT2D eigenvalue weighted by molar-refractivity contribution is 7.74. The van der Waals surface area contributed by atoms with E-state index in [1.54, 1.807) is 6.92 Å². The Hall–Kier alpha value is -1.29.